The molecule has 1 rings (SSSR count). The Morgan fingerprint density at radius 1 is 1.00 bits per heavy atom. The Hall–Kier alpha value is -2.08. The van der Waals surface area contributed by atoms with Crippen LogP contribution >= 0.6 is 0 Å². The number of rotatable bonds is 9. The number of unbranched alkanes of at least 4 members (excludes halogenated alkanes) is 3. The van der Waals surface area contributed by atoms with Gasteiger partial charge in [-0.1, -0.05) is 59.1 Å². The zero-order valence-corrected chi connectivity index (χ0v) is 16.4. The van der Waals surface area contributed by atoms with E-state index >= 15 is 0 Å². The second kappa shape index (κ2) is 10.8. The summed E-state index contributed by atoms with van der Waals surface area (Å²) in [6.07, 6.45) is 3.80. The third kappa shape index (κ3) is 8.34. The van der Waals surface area contributed by atoms with Gasteiger partial charge in [-0.3, -0.25) is 4.89 Å². The average molecular weight is 366 g/mol. The number of benzene rings is 1. The minimum Gasteiger partial charge on any atom is -0.429 e. The lowest BCUT2D eigenvalue weighted by Crippen LogP contribution is -2.17. The first kappa shape index (κ1) is 22.0. The van der Waals surface area contributed by atoms with Crippen LogP contribution in [0.15, 0.2) is 24.3 Å². The average Bonchev–Trinajstić information content (AvgIpc) is 2.58. The van der Waals surface area contributed by atoms with E-state index in [-0.39, 0.29) is 11.5 Å². The van der Waals surface area contributed by atoms with Gasteiger partial charge >= 0.3 is 12.1 Å². The SMILES string of the molecule is CCCCCCC(C)OC(=O)OOOC(=O)c1ccc(C(C)(C)C)cc1. The third-order valence-corrected chi connectivity index (χ3v) is 3.96. The van der Waals surface area contributed by atoms with E-state index in [0.29, 0.717) is 5.56 Å². The van der Waals surface area contributed by atoms with E-state index in [1.54, 1.807) is 19.1 Å². The Kier molecular flexibility index (Phi) is 9.13. The van der Waals surface area contributed by atoms with E-state index in [4.69, 9.17) is 4.74 Å². The van der Waals surface area contributed by atoms with Gasteiger partial charge in [-0.25, -0.2) is 14.5 Å². The minimum absolute atomic E-state index is 0.0148. The normalized spacial score (nSPS) is 12.3. The molecule has 0 aliphatic carbocycles. The first-order chi connectivity index (χ1) is 12.2. The number of hydrogen-bond acceptors (Lipinski definition) is 6. The maximum absolute atomic E-state index is 11.8. The van der Waals surface area contributed by atoms with Crippen molar-refractivity contribution in [3.63, 3.8) is 0 Å². The number of carbonyl (C=O) groups excluding carboxylic acids is 2. The van der Waals surface area contributed by atoms with Gasteiger partial charge in [0.15, 0.2) is 0 Å². The number of hydrogen-bond donors (Lipinski definition) is 0. The molecule has 6 heteroatoms. The maximum atomic E-state index is 11.8. The lowest BCUT2D eigenvalue weighted by atomic mass is 9.87. The van der Waals surface area contributed by atoms with Crippen LogP contribution in [0.25, 0.3) is 0 Å². The highest BCUT2D eigenvalue weighted by Gasteiger charge is 2.17. The summed E-state index contributed by atoms with van der Waals surface area (Å²) < 4.78 is 4.99. The largest absolute Gasteiger partial charge is 0.543 e. The predicted molar refractivity (Wildman–Crippen MR) is 97.4 cm³/mol. The number of ether oxygens (including phenoxy) is 1. The van der Waals surface area contributed by atoms with Crippen molar-refractivity contribution in [3.05, 3.63) is 35.4 Å². The second-order valence-electron chi connectivity index (χ2n) is 7.38. The van der Waals surface area contributed by atoms with Gasteiger partial charge in [0.1, 0.15) is 6.10 Å². The van der Waals surface area contributed by atoms with Gasteiger partial charge in [-0.15, -0.1) is 0 Å². The second-order valence-corrected chi connectivity index (χ2v) is 7.38. The van der Waals surface area contributed by atoms with E-state index in [0.717, 1.165) is 37.7 Å². The van der Waals surface area contributed by atoms with Crippen molar-refractivity contribution in [2.45, 2.75) is 78.2 Å². The molecule has 6 nitrogen and oxygen atoms in total. The molecule has 146 valence electrons. The Morgan fingerprint density at radius 2 is 1.65 bits per heavy atom. The summed E-state index contributed by atoms with van der Waals surface area (Å²) in [5, 5.41) is 4.23. The summed E-state index contributed by atoms with van der Waals surface area (Å²) in [5.41, 5.74) is 1.36. The fourth-order valence-electron chi connectivity index (χ4n) is 2.33. The van der Waals surface area contributed by atoms with Crippen molar-refractivity contribution in [1.29, 1.82) is 0 Å². The van der Waals surface area contributed by atoms with Gasteiger partial charge in [-0.2, -0.15) is 0 Å². The monoisotopic (exact) mass is 366 g/mol. The van der Waals surface area contributed by atoms with Gasteiger partial charge in [0.25, 0.3) is 0 Å². The molecule has 1 unspecified atom stereocenters. The highest BCUT2D eigenvalue weighted by molar-refractivity contribution is 5.88. The molecular weight excluding hydrogens is 336 g/mol. The molecule has 0 bridgehead atoms. The van der Waals surface area contributed by atoms with Crippen LogP contribution in [-0.2, 0) is 25.0 Å². The van der Waals surface area contributed by atoms with E-state index in [1.807, 2.05) is 12.1 Å². The van der Waals surface area contributed by atoms with Crippen molar-refractivity contribution < 1.29 is 29.1 Å². The van der Waals surface area contributed by atoms with Gasteiger partial charge in [-0.05, 0) is 42.9 Å². The predicted octanol–water partition coefficient (Wildman–Crippen LogP) is 5.50. The Balaban J connectivity index is 2.29. The minimum atomic E-state index is -1.04. The molecule has 1 aromatic rings. The summed E-state index contributed by atoms with van der Waals surface area (Å²) in [4.78, 5) is 32.1. The molecular formula is C20H30O6. The molecule has 0 aromatic heterocycles. The maximum Gasteiger partial charge on any atom is 0.543 e. The fraction of sp³-hybridized carbons (Fsp3) is 0.600. The van der Waals surface area contributed by atoms with Gasteiger partial charge in [0, 0.05) is 0 Å². The van der Waals surface area contributed by atoms with Crippen LogP contribution in [0.4, 0.5) is 4.79 Å². The standard InChI is InChI=1S/C20H30O6/c1-6-7-8-9-10-15(2)23-19(22)25-26-24-18(21)16-11-13-17(14-12-16)20(3,4)5/h11-15H,6-10H2,1-5H3. The van der Waals surface area contributed by atoms with Gasteiger partial charge < -0.3 is 4.74 Å². The fourth-order valence-corrected chi connectivity index (χ4v) is 2.33. The summed E-state index contributed by atoms with van der Waals surface area (Å²) in [6.45, 7) is 10.1. The van der Waals surface area contributed by atoms with Crippen molar-refractivity contribution in [2.24, 2.45) is 0 Å². The lowest BCUT2D eigenvalue weighted by molar-refractivity contribution is -0.452. The van der Waals surface area contributed by atoms with E-state index < -0.39 is 12.1 Å². The molecule has 0 aliphatic heterocycles. The van der Waals surface area contributed by atoms with E-state index in [2.05, 4.69) is 42.5 Å². The van der Waals surface area contributed by atoms with Crippen LogP contribution in [0.5, 0.6) is 0 Å². The summed E-state index contributed by atoms with van der Waals surface area (Å²) >= 11 is 0. The van der Waals surface area contributed by atoms with Crippen molar-refractivity contribution in [2.75, 3.05) is 0 Å². The van der Waals surface area contributed by atoms with Crippen LogP contribution in [0.3, 0.4) is 0 Å². The highest BCUT2D eigenvalue weighted by atomic mass is 17.5. The van der Waals surface area contributed by atoms with Crippen LogP contribution in [0.1, 0.15) is 82.6 Å². The molecule has 0 fully saturated rings. The zero-order valence-electron chi connectivity index (χ0n) is 16.4. The Labute approximate surface area is 155 Å². The molecule has 0 radical (unpaired) electrons. The van der Waals surface area contributed by atoms with Crippen LogP contribution < -0.4 is 0 Å². The van der Waals surface area contributed by atoms with Crippen molar-refractivity contribution in [1.82, 2.24) is 0 Å². The van der Waals surface area contributed by atoms with Gasteiger partial charge in [0.2, 0.25) is 0 Å². The van der Waals surface area contributed by atoms with Crippen LogP contribution in [0, 0.1) is 0 Å². The molecule has 0 heterocycles. The summed E-state index contributed by atoms with van der Waals surface area (Å²) in [7, 11) is 0. The van der Waals surface area contributed by atoms with Gasteiger partial charge in [0.05, 0.1) is 10.6 Å². The molecule has 0 saturated carbocycles. The quantitative estimate of drug-likeness (QED) is 0.249. The Bertz CT molecular complexity index is 559. The topological polar surface area (TPSA) is 71.1 Å². The Morgan fingerprint density at radius 3 is 2.23 bits per heavy atom. The van der Waals surface area contributed by atoms with E-state index in [1.165, 1.54) is 0 Å². The molecule has 1 atom stereocenters. The molecule has 0 spiro atoms. The summed E-state index contributed by atoms with van der Waals surface area (Å²) in [6, 6.07) is 6.93. The number of carbonyl (C=O) groups is 2. The first-order valence-corrected chi connectivity index (χ1v) is 9.10. The van der Waals surface area contributed by atoms with E-state index in [9.17, 15) is 9.59 Å². The third-order valence-electron chi connectivity index (χ3n) is 3.96. The molecule has 0 saturated heterocycles. The molecule has 0 N–H and O–H groups in total. The van der Waals surface area contributed by atoms with Crippen LogP contribution in [-0.4, -0.2) is 18.2 Å². The molecule has 26 heavy (non-hydrogen) atoms. The molecule has 1 aromatic carbocycles. The van der Waals surface area contributed by atoms with Crippen molar-refractivity contribution >= 4 is 12.1 Å². The summed E-state index contributed by atoms with van der Waals surface area (Å²) in [5.74, 6) is -0.758. The lowest BCUT2D eigenvalue weighted by Gasteiger charge is -2.18. The van der Waals surface area contributed by atoms with Crippen molar-refractivity contribution in [3.8, 4) is 0 Å². The smallest absolute Gasteiger partial charge is 0.429 e. The first-order valence-electron chi connectivity index (χ1n) is 9.10. The highest BCUT2D eigenvalue weighted by Crippen LogP contribution is 2.22. The molecule has 0 aliphatic rings. The molecule has 0 amide bonds. The van der Waals surface area contributed by atoms with Crippen LogP contribution in [0.2, 0.25) is 0 Å². The zero-order chi connectivity index (χ0) is 19.6.